The number of imide groups is 1. The second-order valence-electron chi connectivity index (χ2n) is 12.4. The van der Waals surface area contributed by atoms with Crippen molar-refractivity contribution in [3.05, 3.63) is 93.0 Å². The fourth-order valence-electron chi connectivity index (χ4n) is 8.03. The van der Waals surface area contributed by atoms with Gasteiger partial charge in [-0.25, -0.2) is 0 Å². The summed E-state index contributed by atoms with van der Waals surface area (Å²) in [7, 11) is 1.46. The standard InChI is InChI=1S/C35H33BrN2O6/c1-44-29-10-7-20(15-27(29)39)30-22-8-9-23-31(24(22)16-25-32(30)28(40)17-26(36)33(25)41)35(43)38(34(23)42)21-11-13-37(14-12-21)18-19-5-3-2-4-6-19/h2-8,10,15,17,21,23-24,30-31,39H,9,11-14,16,18H2,1H3. The number of fused-ring (bicyclic) bond motifs is 3. The van der Waals surface area contributed by atoms with Gasteiger partial charge in [-0.1, -0.05) is 48.0 Å². The monoisotopic (exact) mass is 656 g/mol. The second kappa shape index (κ2) is 11.3. The third-order valence-corrected chi connectivity index (χ3v) is 10.7. The zero-order valence-electron chi connectivity index (χ0n) is 24.4. The fourth-order valence-corrected chi connectivity index (χ4v) is 8.48. The number of carbonyl (C=O) groups excluding carboxylic acids is 4. The van der Waals surface area contributed by atoms with Gasteiger partial charge in [-0.05, 0) is 70.8 Å². The number of rotatable bonds is 5. The van der Waals surface area contributed by atoms with Crippen molar-refractivity contribution in [1.29, 1.82) is 0 Å². The molecule has 2 aliphatic heterocycles. The van der Waals surface area contributed by atoms with Crippen molar-refractivity contribution in [2.75, 3.05) is 20.2 Å². The van der Waals surface area contributed by atoms with Gasteiger partial charge in [-0.15, -0.1) is 0 Å². The molecule has 2 aromatic carbocycles. The Balaban J connectivity index is 1.19. The van der Waals surface area contributed by atoms with E-state index in [1.807, 2.05) is 24.3 Å². The molecule has 0 aromatic heterocycles. The third kappa shape index (κ3) is 4.68. The third-order valence-electron chi connectivity index (χ3n) is 10.1. The van der Waals surface area contributed by atoms with Gasteiger partial charge in [0, 0.05) is 48.8 Å². The lowest BCUT2D eigenvalue weighted by Crippen LogP contribution is -2.47. The predicted molar refractivity (Wildman–Crippen MR) is 166 cm³/mol. The highest BCUT2D eigenvalue weighted by atomic mass is 79.9. The SMILES string of the molecule is COc1ccc(C2C3=CCC4C(=O)N(C5CCN(Cc6ccccc6)CC5)C(=O)C4C3CC3=C2C(=O)C=C(Br)C3=O)cc1O. The minimum Gasteiger partial charge on any atom is -0.504 e. The van der Waals surface area contributed by atoms with Crippen molar-refractivity contribution < 1.29 is 29.0 Å². The summed E-state index contributed by atoms with van der Waals surface area (Å²) in [5.74, 6) is -2.72. The van der Waals surface area contributed by atoms with Crippen molar-refractivity contribution >= 4 is 39.3 Å². The van der Waals surface area contributed by atoms with Crippen LogP contribution in [0.4, 0.5) is 0 Å². The van der Waals surface area contributed by atoms with E-state index in [-0.39, 0.29) is 46.1 Å². The van der Waals surface area contributed by atoms with Crippen LogP contribution in [-0.4, -0.2) is 64.5 Å². The van der Waals surface area contributed by atoms with Crippen LogP contribution in [0.1, 0.15) is 42.7 Å². The Labute approximate surface area is 264 Å². The molecule has 5 aliphatic rings. The van der Waals surface area contributed by atoms with Gasteiger partial charge < -0.3 is 9.84 Å². The van der Waals surface area contributed by atoms with Crippen LogP contribution in [0.15, 0.2) is 81.9 Å². The smallest absolute Gasteiger partial charge is 0.233 e. The number of allylic oxidation sites excluding steroid dienone is 6. The number of ketones is 2. The lowest BCUT2D eigenvalue weighted by Gasteiger charge is -2.42. The summed E-state index contributed by atoms with van der Waals surface area (Å²) in [6.07, 6.45) is 5.37. The lowest BCUT2D eigenvalue weighted by atomic mass is 9.59. The Morgan fingerprint density at radius 3 is 2.43 bits per heavy atom. The first-order valence-electron chi connectivity index (χ1n) is 15.2. The number of amides is 2. The number of ether oxygens (including phenoxy) is 1. The molecule has 2 fully saturated rings. The quantitative estimate of drug-likeness (QED) is 0.279. The van der Waals surface area contributed by atoms with Crippen LogP contribution in [0.3, 0.4) is 0 Å². The number of aromatic hydroxyl groups is 1. The van der Waals surface area contributed by atoms with E-state index in [1.165, 1.54) is 23.6 Å². The van der Waals surface area contributed by atoms with E-state index in [9.17, 15) is 24.3 Å². The van der Waals surface area contributed by atoms with Crippen molar-refractivity contribution in [3.8, 4) is 11.5 Å². The molecule has 2 aromatic rings. The van der Waals surface area contributed by atoms with Crippen molar-refractivity contribution in [1.82, 2.24) is 9.80 Å². The van der Waals surface area contributed by atoms with Gasteiger partial charge in [0.15, 0.2) is 23.1 Å². The summed E-state index contributed by atoms with van der Waals surface area (Å²) < 4.78 is 5.43. The van der Waals surface area contributed by atoms with E-state index < -0.39 is 23.7 Å². The highest BCUT2D eigenvalue weighted by Gasteiger charge is 2.57. The van der Waals surface area contributed by atoms with Crippen LogP contribution in [0.25, 0.3) is 0 Å². The minimum absolute atomic E-state index is 0.0771. The van der Waals surface area contributed by atoms with Crippen LogP contribution in [-0.2, 0) is 25.7 Å². The van der Waals surface area contributed by atoms with E-state index in [1.54, 1.807) is 18.2 Å². The van der Waals surface area contributed by atoms with E-state index in [2.05, 4.69) is 33.0 Å². The van der Waals surface area contributed by atoms with Gasteiger partial charge in [-0.3, -0.25) is 29.0 Å². The number of nitrogens with zero attached hydrogens (tertiary/aromatic N) is 2. The Kier molecular flexibility index (Phi) is 7.41. The maximum atomic E-state index is 14.2. The number of phenols is 1. The number of benzene rings is 2. The number of piperidine rings is 1. The summed E-state index contributed by atoms with van der Waals surface area (Å²) in [6.45, 7) is 2.44. The average molecular weight is 658 g/mol. The molecule has 9 heteroatoms. The lowest BCUT2D eigenvalue weighted by molar-refractivity contribution is -0.144. The molecule has 0 saturated carbocycles. The van der Waals surface area contributed by atoms with Crippen molar-refractivity contribution in [2.45, 2.75) is 44.2 Å². The Morgan fingerprint density at radius 2 is 1.73 bits per heavy atom. The van der Waals surface area contributed by atoms with Gasteiger partial charge in [0.25, 0.3) is 0 Å². The zero-order chi connectivity index (χ0) is 30.7. The number of likely N-dealkylation sites (tertiary alicyclic amines) is 2. The van der Waals surface area contributed by atoms with Crippen LogP contribution in [0.2, 0.25) is 0 Å². The van der Waals surface area contributed by atoms with Crippen LogP contribution in [0.5, 0.6) is 11.5 Å². The number of phenolic OH excluding ortho intramolecular Hbond substituents is 1. The highest BCUT2D eigenvalue weighted by molar-refractivity contribution is 9.12. The fraction of sp³-hybridized carbons (Fsp3) is 0.371. The van der Waals surface area contributed by atoms with Gasteiger partial charge >= 0.3 is 0 Å². The van der Waals surface area contributed by atoms with Gasteiger partial charge in [0.1, 0.15) is 0 Å². The van der Waals surface area contributed by atoms with Crippen LogP contribution >= 0.6 is 15.9 Å². The molecule has 0 bridgehead atoms. The Bertz CT molecular complexity index is 1670. The molecule has 8 nitrogen and oxygen atoms in total. The number of hydrogen-bond acceptors (Lipinski definition) is 7. The van der Waals surface area contributed by atoms with E-state index >= 15 is 0 Å². The van der Waals surface area contributed by atoms with Gasteiger partial charge in [-0.2, -0.15) is 0 Å². The molecular formula is C35H33BrN2O6. The molecule has 7 rings (SSSR count). The van der Waals surface area contributed by atoms with E-state index in [4.69, 9.17) is 4.74 Å². The van der Waals surface area contributed by atoms with Crippen molar-refractivity contribution in [3.63, 3.8) is 0 Å². The first-order chi connectivity index (χ1) is 21.3. The second-order valence-corrected chi connectivity index (χ2v) is 13.2. The maximum absolute atomic E-state index is 14.2. The molecule has 44 heavy (non-hydrogen) atoms. The molecule has 2 amide bonds. The summed E-state index contributed by atoms with van der Waals surface area (Å²) >= 11 is 3.27. The number of hydrogen-bond donors (Lipinski definition) is 1. The highest BCUT2D eigenvalue weighted by Crippen LogP contribution is 2.56. The summed E-state index contributed by atoms with van der Waals surface area (Å²) in [4.78, 5) is 58.9. The molecule has 4 atom stereocenters. The molecule has 2 heterocycles. The molecule has 1 N–H and O–H groups in total. The minimum atomic E-state index is -0.618. The molecule has 226 valence electrons. The van der Waals surface area contributed by atoms with Crippen LogP contribution < -0.4 is 4.74 Å². The summed E-state index contributed by atoms with van der Waals surface area (Å²) in [6, 6.07) is 15.1. The molecular weight excluding hydrogens is 624 g/mol. The summed E-state index contributed by atoms with van der Waals surface area (Å²) in [5, 5.41) is 10.6. The van der Waals surface area contributed by atoms with E-state index in [0.717, 1.165) is 38.0 Å². The predicted octanol–water partition coefficient (Wildman–Crippen LogP) is 4.83. The summed E-state index contributed by atoms with van der Waals surface area (Å²) in [5.41, 5.74) is 3.50. The number of halogens is 1. The molecule has 2 saturated heterocycles. The average Bonchev–Trinajstić information content (AvgIpc) is 3.29. The number of Topliss-reactive ketones (excluding diaryl/α,β-unsaturated/α-hetero) is 1. The zero-order valence-corrected chi connectivity index (χ0v) is 26.0. The molecule has 0 radical (unpaired) electrons. The Hall–Kier alpha value is -3.82. The molecule has 3 aliphatic carbocycles. The van der Waals surface area contributed by atoms with Crippen molar-refractivity contribution in [2.24, 2.45) is 17.8 Å². The Morgan fingerprint density at radius 1 is 0.977 bits per heavy atom. The maximum Gasteiger partial charge on any atom is 0.233 e. The molecule has 4 unspecified atom stereocenters. The van der Waals surface area contributed by atoms with Gasteiger partial charge in [0.05, 0.1) is 23.4 Å². The molecule has 0 spiro atoms. The topological polar surface area (TPSA) is 104 Å². The largest absolute Gasteiger partial charge is 0.504 e. The van der Waals surface area contributed by atoms with Crippen LogP contribution in [0, 0.1) is 17.8 Å². The normalized spacial score (nSPS) is 27.5. The number of methoxy groups -OCH3 is 1. The van der Waals surface area contributed by atoms with E-state index in [0.29, 0.717) is 28.9 Å². The number of carbonyl (C=O) groups is 4. The first-order valence-corrected chi connectivity index (χ1v) is 16.0. The first kappa shape index (κ1) is 28.9. The van der Waals surface area contributed by atoms with Gasteiger partial charge in [0.2, 0.25) is 11.8 Å².